The number of nitrogens with zero attached hydrogens (tertiary/aromatic N) is 2. The van der Waals surface area contributed by atoms with Gasteiger partial charge in [-0.2, -0.15) is 18.3 Å². The molecule has 3 nitrogen and oxygen atoms in total. The monoisotopic (exact) mass is 319 g/mol. The Hall–Kier alpha value is -1.53. The van der Waals surface area contributed by atoms with Crippen LogP contribution in [0.1, 0.15) is 16.8 Å². The van der Waals surface area contributed by atoms with Crippen molar-refractivity contribution >= 4 is 12.4 Å². The van der Waals surface area contributed by atoms with Crippen LogP contribution >= 0.6 is 12.4 Å². The van der Waals surface area contributed by atoms with Crippen LogP contribution in [0.5, 0.6) is 0 Å². The van der Waals surface area contributed by atoms with Gasteiger partial charge in [-0.25, -0.2) is 0 Å². The summed E-state index contributed by atoms with van der Waals surface area (Å²) in [5.41, 5.74) is 0.516. The van der Waals surface area contributed by atoms with Crippen LogP contribution in [0.4, 0.5) is 13.2 Å². The molecule has 2 rings (SSSR count). The Kier molecular flexibility index (Phi) is 6.23. The van der Waals surface area contributed by atoms with E-state index in [9.17, 15) is 13.2 Å². The van der Waals surface area contributed by atoms with Crippen molar-refractivity contribution in [3.05, 3.63) is 53.3 Å². The normalized spacial score (nSPS) is 11.2. The number of alkyl halides is 3. The van der Waals surface area contributed by atoms with Gasteiger partial charge in [-0.15, -0.1) is 12.4 Å². The maximum Gasteiger partial charge on any atom is 0.435 e. The number of nitrogens with one attached hydrogen (secondary N) is 1. The van der Waals surface area contributed by atoms with Crippen molar-refractivity contribution in [2.75, 3.05) is 6.54 Å². The zero-order valence-corrected chi connectivity index (χ0v) is 12.3. The highest BCUT2D eigenvalue weighted by Crippen LogP contribution is 2.30. The first-order valence-corrected chi connectivity index (χ1v) is 6.31. The van der Waals surface area contributed by atoms with Gasteiger partial charge in [-0.3, -0.25) is 4.68 Å². The van der Waals surface area contributed by atoms with Crippen LogP contribution in [0.25, 0.3) is 0 Å². The lowest BCUT2D eigenvalue weighted by atomic mass is 10.1. The number of halogens is 4. The molecule has 2 aromatic rings. The van der Waals surface area contributed by atoms with Crippen LogP contribution in [0.2, 0.25) is 0 Å². The lowest BCUT2D eigenvalue weighted by Gasteiger charge is -2.07. The van der Waals surface area contributed by atoms with Crippen molar-refractivity contribution in [1.82, 2.24) is 15.1 Å². The molecule has 0 aliphatic carbocycles. The number of rotatable bonds is 5. The van der Waals surface area contributed by atoms with Crippen LogP contribution in [0.15, 0.2) is 36.5 Å². The van der Waals surface area contributed by atoms with E-state index in [-0.39, 0.29) is 24.5 Å². The van der Waals surface area contributed by atoms with Gasteiger partial charge in [0.1, 0.15) is 0 Å². The third kappa shape index (κ3) is 5.06. The molecular weight excluding hydrogens is 303 g/mol. The molecule has 116 valence electrons. The molecule has 0 fully saturated rings. The minimum absolute atomic E-state index is 0. The highest BCUT2D eigenvalue weighted by atomic mass is 35.5. The third-order valence-corrected chi connectivity index (χ3v) is 2.92. The molecule has 0 unspecified atom stereocenters. The lowest BCUT2D eigenvalue weighted by Crippen LogP contribution is -2.19. The van der Waals surface area contributed by atoms with E-state index in [0.29, 0.717) is 6.54 Å². The summed E-state index contributed by atoms with van der Waals surface area (Å²) < 4.78 is 39.4. The van der Waals surface area contributed by atoms with Crippen molar-refractivity contribution in [3.63, 3.8) is 0 Å². The summed E-state index contributed by atoms with van der Waals surface area (Å²) >= 11 is 0. The molecule has 1 aromatic heterocycles. The topological polar surface area (TPSA) is 29.9 Å². The average Bonchev–Trinajstić information content (AvgIpc) is 2.77. The van der Waals surface area contributed by atoms with Crippen LogP contribution in [-0.2, 0) is 26.2 Å². The molecule has 0 amide bonds. The standard InChI is InChI=1S/C14H16F3N3.ClH/c1-20-10-12(13(19-20)14(15,16)17)9-18-8-7-11-5-3-2-4-6-11;/h2-6,10,18H,7-9H2,1H3;1H. The van der Waals surface area contributed by atoms with Gasteiger partial charge < -0.3 is 5.32 Å². The second-order valence-corrected chi connectivity index (χ2v) is 4.59. The third-order valence-electron chi connectivity index (χ3n) is 2.92. The van der Waals surface area contributed by atoms with E-state index in [0.717, 1.165) is 12.0 Å². The Labute approximate surface area is 127 Å². The molecule has 0 bridgehead atoms. The van der Waals surface area contributed by atoms with Crippen LogP contribution in [0.3, 0.4) is 0 Å². The quantitative estimate of drug-likeness (QED) is 0.858. The molecule has 0 radical (unpaired) electrons. The summed E-state index contributed by atoms with van der Waals surface area (Å²) in [5.74, 6) is 0. The zero-order chi connectivity index (χ0) is 14.6. The SMILES string of the molecule is Cl.Cn1cc(CNCCc2ccccc2)c(C(F)(F)F)n1. The summed E-state index contributed by atoms with van der Waals surface area (Å²) in [7, 11) is 1.49. The molecule has 0 aliphatic rings. The van der Waals surface area contributed by atoms with Gasteiger partial charge in [-0.1, -0.05) is 30.3 Å². The smallest absolute Gasteiger partial charge is 0.312 e. The minimum Gasteiger partial charge on any atom is -0.312 e. The van der Waals surface area contributed by atoms with Gasteiger partial charge in [0.15, 0.2) is 5.69 Å². The van der Waals surface area contributed by atoms with Gasteiger partial charge in [0.25, 0.3) is 0 Å². The van der Waals surface area contributed by atoms with E-state index in [2.05, 4.69) is 10.4 Å². The van der Waals surface area contributed by atoms with E-state index in [4.69, 9.17) is 0 Å². The fourth-order valence-electron chi connectivity index (χ4n) is 2.01. The second-order valence-electron chi connectivity index (χ2n) is 4.59. The average molecular weight is 320 g/mol. The molecule has 0 aliphatic heterocycles. The Morgan fingerprint density at radius 2 is 1.86 bits per heavy atom. The zero-order valence-electron chi connectivity index (χ0n) is 11.5. The molecule has 0 saturated heterocycles. The molecule has 1 aromatic carbocycles. The summed E-state index contributed by atoms with van der Waals surface area (Å²) in [6.07, 6.45) is -2.22. The fourth-order valence-corrected chi connectivity index (χ4v) is 2.01. The fraction of sp³-hybridized carbons (Fsp3) is 0.357. The summed E-state index contributed by atoms with van der Waals surface area (Å²) in [5, 5.41) is 6.49. The predicted octanol–water partition coefficient (Wildman–Crippen LogP) is 3.19. The van der Waals surface area contributed by atoms with Gasteiger partial charge in [0.2, 0.25) is 0 Å². The maximum absolute atomic E-state index is 12.7. The summed E-state index contributed by atoms with van der Waals surface area (Å²) in [6.45, 7) is 0.783. The largest absolute Gasteiger partial charge is 0.435 e. The Morgan fingerprint density at radius 1 is 1.19 bits per heavy atom. The lowest BCUT2D eigenvalue weighted by molar-refractivity contribution is -0.142. The number of benzene rings is 1. The van der Waals surface area contributed by atoms with Gasteiger partial charge in [0, 0.05) is 25.4 Å². The van der Waals surface area contributed by atoms with E-state index >= 15 is 0 Å². The minimum atomic E-state index is -4.41. The second kappa shape index (κ2) is 7.47. The van der Waals surface area contributed by atoms with E-state index < -0.39 is 11.9 Å². The highest BCUT2D eigenvalue weighted by molar-refractivity contribution is 5.85. The number of aromatic nitrogens is 2. The first-order valence-electron chi connectivity index (χ1n) is 6.31. The van der Waals surface area contributed by atoms with Crippen LogP contribution < -0.4 is 5.32 Å². The van der Waals surface area contributed by atoms with E-state index in [1.54, 1.807) is 0 Å². The van der Waals surface area contributed by atoms with Gasteiger partial charge in [-0.05, 0) is 18.5 Å². The Morgan fingerprint density at radius 3 is 2.48 bits per heavy atom. The molecule has 1 heterocycles. The number of hydrogen-bond acceptors (Lipinski definition) is 2. The van der Waals surface area contributed by atoms with Gasteiger partial charge in [0.05, 0.1) is 0 Å². The van der Waals surface area contributed by atoms with Crippen LogP contribution in [0, 0.1) is 0 Å². The maximum atomic E-state index is 12.7. The molecule has 21 heavy (non-hydrogen) atoms. The van der Waals surface area contributed by atoms with Crippen molar-refractivity contribution < 1.29 is 13.2 Å². The van der Waals surface area contributed by atoms with Gasteiger partial charge >= 0.3 is 6.18 Å². The molecule has 7 heteroatoms. The van der Waals surface area contributed by atoms with Crippen molar-refractivity contribution in [2.45, 2.75) is 19.1 Å². The molecule has 1 N–H and O–H groups in total. The number of aryl methyl sites for hydroxylation is 1. The Bertz CT molecular complexity index is 552. The first kappa shape index (κ1) is 17.5. The van der Waals surface area contributed by atoms with Crippen molar-refractivity contribution in [2.24, 2.45) is 7.05 Å². The molecule has 0 atom stereocenters. The predicted molar refractivity (Wildman–Crippen MR) is 77.3 cm³/mol. The van der Waals surface area contributed by atoms with E-state index in [1.165, 1.54) is 17.9 Å². The van der Waals surface area contributed by atoms with Crippen LogP contribution in [-0.4, -0.2) is 16.3 Å². The van der Waals surface area contributed by atoms with Crippen molar-refractivity contribution in [3.8, 4) is 0 Å². The summed E-state index contributed by atoms with van der Waals surface area (Å²) in [4.78, 5) is 0. The molecule has 0 saturated carbocycles. The first-order chi connectivity index (χ1) is 9.47. The molecular formula is C14H17ClF3N3. The highest BCUT2D eigenvalue weighted by Gasteiger charge is 2.36. The van der Waals surface area contributed by atoms with E-state index in [1.807, 2.05) is 30.3 Å². The molecule has 0 spiro atoms. The number of hydrogen-bond donors (Lipinski definition) is 1. The van der Waals surface area contributed by atoms with Crippen molar-refractivity contribution in [1.29, 1.82) is 0 Å². The Balaban J connectivity index is 0.00000220. The summed E-state index contributed by atoms with van der Waals surface area (Å²) in [6, 6.07) is 9.80.